The number of aliphatic hydroxyl groups is 1. The molecule has 5 atom stereocenters. The maximum Gasteiger partial charge on any atom is 0.472 e. The fraction of sp³-hybridized carbons (Fsp3) is 0.939. The third-order valence-electron chi connectivity index (χ3n) is 15.3. The van der Waals surface area contributed by atoms with Crippen molar-refractivity contribution in [3.63, 3.8) is 0 Å². The molecule has 0 aliphatic carbocycles. The van der Waals surface area contributed by atoms with Crippen molar-refractivity contribution < 1.29 is 80.2 Å². The molecule has 0 aromatic rings. The van der Waals surface area contributed by atoms with E-state index in [9.17, 15) is 43.2 Å². The lowest BCUT2D eigenvalue weighted by molar-refractivity contribution is -0.161. The minimum absolute atomic E-state index is 0.102. The number of phosphoric acid groups is 2. The second-order valence-electron chi connectivity index (χ2n) is 24.3. The summed E-state index contributed by atoms with van der Waals surface area (Å²) in [6, 6.07) is 0. The molecule has 0 rings (SSSR count). The molecular weight excluding hydrogens is 1130 g/mol. The van der Waals surface area contributed by atoms with E-state index < -0.39 is 97.5 Å². The number of unbranched alkanes of at least 4 members (excludes halogenated alkanes) is 38. The first-order valence-corrected chi connectivity index (χ1v) is 37.6. The molecule has 0 radical (unpaired) electrons. The third-order valence-corrected chi connectivity index (χ3v) is 17.2. The van der Waals surface area contributed by atoms with E-state index in [4.69, 9.17) is 37.0 Å². The quantitative estimate of drug-likeness (QED) is 0.0222. The van der Waals surface area contributed by atoms with Crippen LogP contribution in [0.2, 0.25) is 0 Å². The van der Waals surface area contributed by atoms with Crippen LogP contribution in [-0.2, 0) is 65.4 Å². The van der Waals surface area contributed by atoms with Crippen molar-refractivity contribution in [2.45, 2.75) is 355 Å². The van der Waals surface area contributed by atoms with Gasteiger partial charge in [0.1, 0.15) is 19.3 Å². The number of carbonyl (C=O) groups excluding carboxylic acids is 4. The lowest BCUT2D eigenvalue weighted by atomic mass is 10.0. The Morgan fingerprint density at radius 3 is 0.800 bits per heavy atom. The zero-order valence-electron chi connectivity index (χ0n) is 54.7. The standard InChI is InChI=1S/C66H128O17P2/c1-6-9-12-15-18-21-23-24-25-26-27-28-29-32-35-41-46-51-65(70)82-61(55-77-64(69)50-45-40-34-31-22-19-16-13-10-7-2)57-80-84(72,73)78-53-60(67)54-79-85(74,75)81-58-62(83-66(71)52-47-42-37-36-38-43-48-59(4)5)56-76-63(68)49-44-39-33-30-20-17-14-11-8-3/h59-62,67H,6-58H2,1-5H3,(H,72,73)(H,74,75)/t60-,61-,62-/m1/s1. The van der Waals surface area contributed by atoms with Crippen molar-refractivity contribution in [2.24, 2.45) is 5.92 Å². The predicted octanol–water partition coefficient (Wildman–Crippen LogP) is 18.6. The van der Waals surface area contributed by atoms with Crippen LogP contribution in [0.15, 0.2) is 0 Å². The Morgan fingerprint density at radius 1 is 0.318 bits per heavy atom. The highest BCUT2D eigenvalue weighted by molar-refractivity contribution is 7.47. The summed E-state index contributed by atoms with van der Waals surface area (Å²) < 4.78 is 68.0. The average Bonchev–Trinajstić information content (AvgIpc) is 3.52. The number of aliphatic hydroxyl groups excluding tert-OH is 1. The van der Waals surface area contributed by atoms with Gasteiger partial charge in [-0.3, -0.25) is 37.3 Å². The van der Waals surface area contributed by atoms with E-state index >= 15 is 0 Å². The van der Waals surface area contributed by atoms with Crippen LogP contribution in [0.1, 0.15) is 336 Å². The molecule has 504 valence electrons. The van der Waals surface area contributed by atoms with E-state index in [1.807, 2.05) is 0 Å². The Morgan fingerprint density at radius 2 is 0.541 bits per heavy atom. The van der Waals surface area contributed by atoms with E-state index in [0.717, 1.165) is 89.9 Å². The van der Waals surface area contributed by atoms with Crippen molar-refractivity contribution >= 4 is 39.5 Å². The minimum atomic E-state index is -4.94. The molecule has 0 fully saturated rings. The number of carbonyl (C=O) groups is 4. The van der Waals surface area contributed by atoms with Crippen molar-refractivity contribution in [2.75, 3.05) is 39.6 Å². The van der Waals surface area contributed by atoms with Crippen LogP contribution in [0.25, 0.3) is 0 Å². The van der Waals surface area contributed by atoms with Gasteiger partial charge in [0.25, 0.3) is 0 Å². The van der Waals surface area contributed by atoms with Crippen LogP contribution in [0.5, 0.6) is 0 Å². The molecule has 0 saturated carbocycles. The van der Waals surface area contributed by atoms with Crippen LogP contribution in [-0.4, -0.2) is 96.7 Å². The summed E-state index contributed by atoms with van der Waals surface area (Å²) in [6.07, 6.45) is 44.6. The maximum absolute atomic E-state index is 13.0. The van der Waals surface area contributed by atoms with Gasteiger partial charge < -0.3 is 33.8 Å². The van der Waals surface area contributed by atoms with Gasteiger partial charge >= 0.3 is 39.5 Å². The van der Waals surface area contributed by atoms with Crippen LogP contribution in [0, 0.1) is 5.92 Å². The van der Waals surface area contributed by atoms with Gasteiger partial charge in [-0.05, 0) is 31.6 Å². The summed E-state index contributed by atoms with van der Waals surface area (Å²) in [6.45, 7) is 7.10. The molecule has 19 heteroatoms. The zero-order valence-corrected chi connectivity index (χ0v) is 56.5. The highest BCUT2D eigenvalue weighted by Crippen LogP contribution is 2.45. The van der Waals surface area contributed by atoms with Crippen LogP contribution >= 0.6 is 15.6 Å². The largest absolute Gasteiger partial charge is 0.472 e. The molecule has 0 amide bonds. The highest BCUT2D eigenvalue weighted by atomic mass is 31.2. The van der Waals surface area contributed by atoms with Gasteiger partial charge in [-0.25, -0.2) is 9.13 Å². The fourth-order valence-electron chi connectivity index (χ4n) is 9.94. The number of esters is 4. The molecule has 0 aliphatic heterocycles. The first kappa shape index (κ1) is 83.1. The first-order valence-electron chi connectivity index (χ1n) is 34.6. The summed E-state index contributed by atoms with van der Waals surface area (Å²) in [7, 11) is -9.89. The van der Waals surface area contributed by atoms with Crippen molar-refractivity contribution in [3.8, 4) is 0 Å². The summed E-state index contributed by atoms with van der Waals surface area (Å²) >= 11 is 0. The lowest BCUT2D eigenvalue weighted by Gasteiger charge is -2.21. The van der Waals surface area contributed by atoms with Gasteiger partial charge in [0.05, 0.1) is 26.4 Å². The molecule has 0 spiro atoms. The Hall–Kier alpha value is -1.94. The number of ether oxygens (including phenoxy) is 4. The lowest BCUT2D eigenvalue weighted by Crippen LogP contribution is -2.30. The van der Waals surface area contributed by atoms with Gasteiger partial charge in [-0.2, -0.15) is 0 Å². The van der Waals surface area contributed by atoms with E-state index in [1.165, 1.54) is 161 Å². The molecule has 3 N–H and O–H groups in total. The number of rotatable bonds is 66. The molecular formula is C66H128O17P2. The van der Waals surface area contributed by atoms with Crippen LogP contribution in [0.4, 0.5) is 0 Å². The van der Waals surface area contributed by atoms with Gasteiger partial charge in [-0.1, -0.05) is 285 Å². The van der Waals surface area contributed by atoms with Crippen LogP contribution < -0.4 is 0 Å². The second kappa shape index (κ2) is 59.7. The van der Waals surface area contributed by atoms with E-state index in [1.54, 1.807) is 0 Å². The average molecular weight is 1260 g/mol. The molecule has 17 nitrogen and oxygen atoms in total. The second-order valence-corrected chi connectivity index (χ2v) is 27.2. The van der Waals surface area contributed by atoms with Gasteiger partial charge in [-0.15, -0.1) is 0 Å². The summed E-state index contributed by atoms with van der Waals surface area (Å²) in [4.78, 5) is 72.2. The van der Waals surface area contributed by atoms with Crippen molar-refractivity contribution in [3.05, 3.63) is 0 Å². The van der Waals surface area contributed by atoms with E-state index in [0.29, 0.717) is 31.6 Å². The SMILES string of the molecule is CCCCCCCCCCCCCCCCCCCC(=O)O[C@H](COC(=O)CCCCCCCCCCCC)COP(=O)(O)OC[C@@H](O)COP(=O)(O)OC[C@@H](COC(=O)CCCCCCCCCCC)OC(=O)CCCCCCCCC(C)C. The fourth-order valence-corrected chi connectivity index (χ4v) is 11.5. The summed E-state index contributed by atoms with van der Waals surface area (Å²) in [5, 5.41) is 10.5. The molecule has 0 aromatic carbocycles. The van der Waals surface area contributed by atoms with E-state index in [2.05, 4.69) is 34.6 Å². The number of hydrogen-bond donors (Lipinski definition) is 3. The van der Waals surface area contributed by atoms with Gasteiger partial charge in [0.2, 0.25) is 0 Å². The highest BCUT2D eigenvalue weighted by Gasteiger charge is 2.30. The summed E-state index contributed by atoms with van der Waals surface area (Å²) in [5.41, 5.74) is 0. The monoisotopic (exact) mass is 1250 g/mol. The Balaban J connectivity index is 5.19. The Bertz CT molecular complexity index is 1650. The smallest absolute Gasteiger partial charge is 0.462 e. The summed E-state index contributed by atoms with van der Waals surface area (Å²) in [5.74, 6) is -1.46. The molecule has 0 aromatic heterocycles. The normalized spacial score (nSPS) is 14.2. The van der Waals surface area contributed by atoms with E-state index in [-0.39, 0.29) is 25.7 Å². The zero-order chi connectivity index (χ0) is 62.8. The van der Waals surface area contributed by atoms with Crippen LogP contribution in [0.3, 0.4) is 0 Å². The molecule has 0 aliphatic rings. The third kappa shape index (κ3) is 60.7. The maximum atomic E-state index is 13.0. The first-order chi connectivity index (χ1) is 41.0. The van der Waals surface area contributed by atoms with Crippen molar-refractivity contribution in [1.29, 1.82) is 0 Å². The van der Waals surface area contributed by atoms with Gasteiger partial charge in [0, 0.05) is 25.7 Å². The van der Waals surface area contributed by atoms with Gasteiger partial charge in [0.15, 0.2) is 12.2 Å². The molecule has 85 heavy (non-hydrogen) atoms. The number of phosphoric ester groups is 2. The Labute approximate surface area is 517 Å². The molecule has 0 bridgehead atoms. The molecule has 0 heterocycles. The Kier molecular flexibility index (Phi) is 58.3. The molecule has 0 saturated heterocycles. The van der Waals surface area contributed by atoms with Crippen molar-refractivity contribution in [1.82, 2.24) is 0 Å². The number of hydrogen-bond acceptors (Lipinski definition) is 15. The topological polar surface area (TPSA) is 237 Å². The molecule has 2 unspecified atom stereocenters. The predicted molar refractivity (Wildman–Crippen MR) is 340 cm³/mol. The minimum Gasteiger partial charge on any atom is -0.462 e.